The smallest absolute Gasteiger partial charge is 0.372 e. The highest BCUT2D eigenvalue weighted by atomic mass is 16.4. The Morgan fingerprint density at radius 1 is 1.71 bits per heavy atom. The van der Waals surface area contributed by atoms with E-state index in [1.54, 1.807) is 10.8 Å². The van der Waals surface area contributed by atoms with Crippen molar-refractivity contribution in [3.05, 3.63) is 17.7 Å². The first-order valence-corrected chi connectivity index (χ1v) is 4.52. The zero-order valence-corrected chi connectivity index (χ0v) is 8.61. The molecule has 1 aromatic heterocycles. The highest BCUT2D eigenvalue weighted by Gasteiger charge is 2.17. The summed E-state index contributed by atoms with van der Waals surface area (Å²) in [6, 6.07) is 0.104. The number of carboxylic acids is 1. The first-order chi connectivity index (χ1) is 6.57. The molecule has 0 aliphatic carbocycles. The van der Waals surface area contributed by atoms with Gasteiger partial charge in [-0.3, -0.25) is 0 Å². The molecule has 0 fully saturated rings. The Hall–Kier alpha value is -1.36. The van der Waals surface area contributed by atoms with Gasteiger partial charge in [-0.25, -0.2) is 9.78 Å². The van der Waals surface area contributed by atoms with E-state index in [-0.39, 0.29) is 11.9 Å². The fourth-order valence-corrected chi connectivity index (χ4v) is 1.44. The molecule has 5 nitrogen and oxygen atoms in total. The zero-order valence-electron chi connectivity index (χ0n) is 8.61. The maximum absolute atomic E-state index is 10.8. The van der Waals surface area contributed by atoms with Gasteiger partial charge >= 0.3 is 5.97 Å². The molecule has 0 aliphatic heterocycles. The molecule has 0 amide bonds. The SMILES string of the molecule is CNCc1cnc(C(=O)O)n1C(C)C. The summed E-state index contributed by atoms with van der Waals surface area (Å²) in [6.45, 7) is 4.50. The Kier molecular flexibility index (Phi) is 3.24. The van der Waals surface area contributed by atoms with Gasteiger partial charge in [-0.1, -0.05) is 0 Å². The van der Waals surface area contributed by atoms with Crippen LogP contribution in [0.25, 0.3) is 0 Å². The normalized spacial score (nSPS) is 10.9. The van der Waals surface area contributed by atoms with Gasteiger partial charge in [0, 0.05) is 12.6 Å². The largest absolute Gasteiger partial charge is 0.475 e. The van der Waals surface area contributed by atoms with E-state index in [9.17, 15) is 4.79 Å². The average Bonchev–Trinajstić information content (AvgIpc) is 2.48. The van der Waals surface area contributed by atoms with Crippen LogP contribution in [0.15, 0.2) is 6.20 Å². The van der Waals surface area contributed by atoms with Crippen LogP contribution in [0, 0.1) is 0 Å². The van der Waals surface area contributed by atoms with Crippen LogP contribution in [-0.4, -0.2) is 27.7 Å². The number of hydrogen-bond acceptors (Lipinski definition) is 3. The lowest BCUT2D eigenvalue weighted by Gasteiger charge is -2.13. The average molecular weight is 197 g/mol. The third-order valence-corrected chi connectivity index (χ3v) is 1.94. The van der Waals surface area contributed by atoms with Gasteiger partial charge < -0.3 is 15.0 Å². The molecule has 0 bridgehead atoms. The molecule has 0 aromatic carbocycles. The van der Waals surface area contributed by atoms with Gasteiger partial charge in [-0.05, 0) is 20.9 Å². The van der Waals surface area contributed by atoms with Crippen molar-refractivity contribution >= 4 is 5.97 Å². The molecule has 14 heavy (non-hydrogen) atoms. The molecule has 78 valence electrons. The van der Waals surface area contributed by atoms with Crippen molar-refractivity contribution in [2.24, 2.45) is 0 Å². The fraction of sp³-hybridized carbons (Fsp3) is 0.556. The first kappa shape index (κ1) is 10.7. The summed E-state index contributed by atoms with van der Waals surface area (Å²) < 4.78 is 1.72. The van der Waals surface area contributed by atoms with Gasteiger partial charge in [0.2, 0.25) is 5.82 Å². The lowest BCUT2D eigenvalue weighted by molar-refractivity contribution is 0.0676. The summed E-state index contributed by atoms with van der Waals surface area (Å²) >= 11 is 0. The molecule has 1 aromatic rings. The second kappa shape index (κ2) is 4.23. The van der Waals surface area contributed by atoms with Crippen LogP contribution in [0.2, 0.25) is 0 Å². The first-order valence-electron chi connectivity index (χ1n) is 4.52. The molecule has 0 atom stereocenters. The van der Waals surface area contributed by atoms with Crippen LogP contribution in [0.1, 0.15) is 36.2 Å². The number of aromatic nitrogens is 2. The Bertz CT molecular complexity index is 331. The van der Waals surface area contributed by atoms with Gasteiger partial charge in [0.05, 0.1) is 11.9 Å². The molecule has 0 radical (unpaired) electrons. The van der Waals surface area contributed by atoms with Crippen LogP contribution in [0.4, 0.5) is 0 Å². The summed E-state index contributed by atoms with van der Waals surface area (Å²) in [5.74, 6) is -0.883. The Labute approximate surface area is 82.8 Å². The van der Waals surface area contributed by atoms with E-state index >= 15 is 0 Å². The van der Waals surface area contributed by atoms with E-state index < -0.39 is 5.97 Å². The number of nitrogens with one attached hydrogen (secondary N) is 1. The zero-order chi connectivity index (χ0) is 10.7. The molecule has 0 spiro atoms. The molecule has 5 heteroatoms. The van der Waals surface area contributed by atoms with Crippen molar-refractivity contribution in [2.45, 2.75) is 26.4 Å². The number of carbonyl (C=O) groups is 1. The molecule has 0 unspecified atom stereocenters. The lowest BCUT2D eigenvalue weighted by Crippen LogP contribution is -2.17. The van der Waals surface area contributed by atoms with Gasteiger partial charge in [0.15, 0.2) is 0 Å². The fourth-order valence-electron chi connectivity index (χ4n) is 1.44. The Balaban J connectivity index is 3.13. The van der Waals surface area contributed by atoms with E-state index in [0.717, 1.165) is 5.69 Å². The molecule has 0 aliphatic rings. The number of hydrogen-bond donors (Lipinski definition) is 2. The molecule has 0 saturated carbocycles. The topological polar surface area (TPSA) is 67.2 Å². The minimum absolute atomic E-state index is 0.102. The molecule has 2 N–H and O–H groups in total. The summed E-state index contributed by atoms with van der Waals surface area (Å²) in [6.07, 6.45) is 1.60. The summed E-state index contributed by atoms with van der Waals surface area (Å²) in [4.78, 5) is 14.7. The van der Waals surface area contributed by atoms with Crippen molar-refractivity contribution in [3.8, 4) is 0 Å². The molecule has 1 rings (SSSR count). The standard InChI is InChI=1S/C9H15N3O2/c1-6(2)12-7(4-10-3)5-11-8(12)9(13)14/h5-6,10H,4H2,1-3H3,(H,13,14). The summed E-state index contributed by atoms with van der Waals surface area (Å²) in [5.41, 5.74) is 0.889. The van der Waals surface area contributed by atoms with E-state index in [1.807, 2.05) is 20.9 Å². The van der Waals surface area contributed by atoms with E-state index in [2.05, 4.69) is 10.3 Å². The molecular formula is C9H15N3O2. The molecule has 0 saturated heterocycles. The van der Waals surface area contributed by atoms with Crippen LogP contribution in [0.5, 0.6) is 0 Å². The van der Waals surface area contributed by atoms with Crippen LogP contribution in [-0.2, 0) is 6.54 Å². The maximum Gasteiger partial charge on any atom is 0.372 e. The molecule has 1 heterocycles. The number of aromatic carboxylic acids is 1. The maximum atomic E-state index is 10.8. The second-order valence-corrected chi connectivity index (χ2v) is 3.37. The highest BCUT2D eigenvalue weighted by molar-refractivity contribution is 5.83. The second-order valence-electron chi connectivity index (χ2n) is 3.37. The van der Waals surface area contributed by atoms with E-state index in [0.29, 0.717) is 6.54 Å². The monoisotopic (exact) mass is 197 g/mol. The van der Waals surface area contributed by atoms with Crippen molar-refractivity contribution in [1.82, 2.24) is 14.9 Å². The predicted octanol–water partition coefficient (Wildman–Crippen LogP) is 0.882. The van der Waals surface area contributed by atoms with Crippen LogP contribution >= 0.6 is 0 Å². The third kappa shape index (κ3) is 1.93. The third-order valence-electron chi connectivity index (χ3n) is 1.94. The number of nitrogens with zero attached hydrogens (tertiary/aromatic N) is 2. The van der Waals surface area contributed by atoms with Gasteiger partial charge in [0.1, 0.15) is 0 Å². The van der Waals surface area contributed by atoms with Crippen molar-refractivity contribution in [3.63, 3.8) is 0 Å². The van der Waals surface area contributed by atoms with Gasteiger partial charge in [-0.15, -0.1) is 0 Å². The number of carboxylic acid groups (broad SMARTS) is 1. The van der Waals surface area contributed by atoms with Gasteiger partial charge in [-0.2, -0.15) is 0 Å². The highest BCUT2D eigenvalue weighted by Crippen LogP contribution is 2.13. The number of imidazole rings is 1. The Morgan fingerprint density at radius 3 is 2.79 bits per heavy atom. The summed E-state index contributed by atoms with van der Waals surface area (Å²) in [7, 11) is 1.82. The van der Waals surface area contributed by atoms with Crippen LogP contribution in [0.3, 0.4) is 0 Å². The van der Waals surface area contributed by atoms with Crippen molar-refractivity contribution in [1.29, 1.82) is 0 Å². The summed E-state index contributed by atoms with van der Waals surface area (Å²) in [5, 5.41) is 11.9. The predicted molar refractivity (Wildman–Crippen MR) is 52.3 cm³/mol. The number of rotatable bonds is 4. The minimum Gasteiger partial charge on any atom is -0.475 e. The van der Waals surface area contributed by atoms with Crippen LogP contribution < -0.4 is 5.32 Å². The van der Waals surface area contributed by atoms with Gasteiger partial charge in [0.25, 0.3) is 0 Å². The minimum atomic E-state index is -0.985. The Morgan fingerprint density at radius 2 is 2.36 bits per heavy atom. The van der Waals surface area contributed by atoms with Crippen molar-refractivity contribution < 1.29 is 9.90 Å². The lowest BCUT2D eigenvalue weighted by atomic mass is 10.3. The quantitative estimate of drug-likeness (QED) is 0.752. The van der Waals surface area contributed by atoms with E-state index in [4.69, 9.17) is 5.11 Å². The molecular weight excluding hydrogens is 182 g/mol. The van der Waals surface area contributed by atoms with Crippen molar-refractivity contribution in [2.75, 3.05) is 7.05 Å². The van der Waals surface area contributed by atoms with E-state index in [1.165, 1.54) is 0 Å².